The van der Waals surface area contributed by atoms with E-state index in [1.807, 2.05) is 12.2 Å². The molecule has 0 spiro atoms. The number of allylic oxidation sites excluding steroid dienone is 7. The molecule has 0 aromatic rings. The molecule has 35 heavy (non-hydrogen) atoms. The van der Waals surface area contributed by atoms with E-state index in [0.29, 0.717) is 0 Å². The van der Waals surface area contributed by atoms with Gasteiger partial charge in [-0.1, -0.05) is 99.7 Å². The molecule has 0 saturated heterocycles. The van der Waals surface area contributed by atoms with Gasteiger partial charge in [0.1, 0.15) is 6.10 Å². The molecule has 0 heterocycles. The molecule has 0 radical (unpaired) electrons. The second-order valence-electron chi connectivity index (χ2n) is 8.80. The third kappa shape index (κ3) is 27.6. The van der Waals surface area contributed by atoms with Gasteiger partial charge in [0.05, 0.1) is 0 Å². The minimum atomic E-state index is -1.07. The van der Waals surface area contributed by atoms with E-state index in [9.17, 15) is 4.79 Å². The van der Waals surface area contributed by atoms with E-state index < -0.39 is 5.97 Å². The van der Waals surface area contributed by atoms with E-state index in [-0.39, 0.29) is 6.10 Å². The Morgan fingerprint density at radius 3 is 1.69 bits per heavy atom. The first-order valence-electron chi connectivity index (χ1n) is 13.6. The van der Waals surface area contributed by atoms with Crippen LogP contribution in [-0.2, 0) is 9.53 Å². The molecule has 0 fully saturated rings. The smallest absolute Gasteiger partial charge is 0.382 e. The Hall–Kier alpha value is -2.49. The van der Waals surface area contributed by atoms with E-state index in [1.165, 1.54) is 83.5 Å². The lowest BCUT2D eigenvalue weighted by Gasteiger charge is -2.01. The van der Waals surface area contributed by atoms with E-state index in [4.69, 9.17) is 16.3 Å². The number of hydrogen-bond acceptors (Lipinski definition) is 2. The summed E-state index contributed by atoms with van der Waals surface area (Å²) in [6, 6.07) is 0. The molecule has 1 atom stereocenters. The highest BCUT2D eigenvalue weighted by Crippen LogP contribution is 2.12. The van der Waals surface area contributed by atoms with Crippen LogP contribution in [0, 0.1) is 24.2 Å². The van der Waals surface area contributed by atoms with Gasteiger partial charge in [-0.25, -0.2) is 4.79 Å². The summed E-state index contributed by atoms with van der Waals surface area (Å²) in [5.74, 6) is 6.10. The molecule has 0 aromatic carbocycles. The van der Waals surface area contributed by atoms with Crippen LogP contribution in [-0.4, -0.2) is 24.3 Å². The lowest BCUT2D eigenvalue weighted by atomic mass is 10.1. The third-order valence-corrected chi connectivity index (χ3v) is 5.70. The van der Waals surface area contributed by atoms with Gasteiger partial charge in [0.15, 0.2) is 0 Å². The van der Waals surface area contributed by atoms with Crippen LogP contribution in [0.25, 0.3) is 0 Å². The number of carboxylic acids is 1. The van der Waals surface area contributed by atoms with Crippen molar-refractivity contribution >= 4 is 5.97 Å². The zero-order valence-electron chi connectivity index (χ0n) is 22.1. The molecule has 0 aliphatic carbocycles. The highest BCUT2D eigenvalue weighted by Gasteiger charge is 1.94. The molecule has 0 amide bonds. The standard InChI is InChI=1S/C32H48O3/c1-3-31(35-2)29-27-25-23-21-19-17-15-13-11-9-7-5-4-6-8-10-12-14-16-18-20-22-24-26-28-30-32(33)34/h1,7,9,13,15,24,26-27,29,31H,4-6,8,10-12,14,16-23,25H2,2H3,(H,33,34)/b9-7-,15-13+,26-24-,29-27+/t31-/m0/s1. The van der Waals surface area contributed by atoms with E-state index in [2.05, 4.69) is 48.1 Å². The molecule has 3 nitrogen and oxygen atoms in total. The highest BCUT2D eigenvalue weighted by atomic mass is 16.5. The number of carbonyl (C=O) groups is 1. The van der Waals surface area contributed by atoms with Crippen LogP contribution in [0.2, 0.25) is 0 Å². The summed E-state index contributed by atoms with van der Waals surface area (Å²) in [5, 5.41) is 8.40. The molecular formula is C32H48O3. The summed E-state index contributed by atoms with van der Waals surface area (Å²) in [6.07, 6.45) is 43.0. The van der Waals surface area contributed by atoms with E-state index >= 15 is 0 Å². The van der Waals surface area contributed by atoms with E-state index in [1.54, 1.807) is 13.2 Å². The molecule has 0 unspecified atom stereocenters. The first-order chi connectivity index (χ1) is 17.2. The largest absolute Gasteiger partial charge is 0.472 e. The molecule has 194 valence electrons. The van der Waals surface area contributed by atoms with Crippen molar-refractivity contribution in [1.29, 1.82) is 0 Å². The van der Waals surface area contributed by atoms with Crippen molar-refractivity contribution in [2.75, 3.05) is 7.11 Å². The minimum Gasteiger partial charge on any atom is -0.472 e. The number of terminal acetylenes is 1. The van der Waals surface area contributed by atoms with Gasteiger partial charge in [-0.2, -0.15) is 0 Å². The maximum atomic E-state index is 10.2. The maximum Gasteiger partial charge on any atom is 0.382 e. The molecule has 0 saturated carbocycles. The van der Waals surface area contributed by atoms with Crippen molar-refractivity contribution in [1.82, 2.24) is 0 Å². The second-order valence-corrected chi connectivity index (χ2v) is 8.80. The molecule has 3 heteroatoms. The topological polar surface area (TPSA) is 46.5 Å². The summed E-state index contributed by atoms with van der Waals surface area (Å²) >= 11 is 0. The quantitative estimate of drug-likeness (QED) is 0.0958. The number of unbranched alkanes of at least 4 members (excludes halogenated alkanes) is 14. The van der Waals surface area contributed by atoms with Gasteiger partial charge >= 0.3 is 5.97 Å². The Labute approximate surface area is 215 Å². The summed E-state index contributed by atoms with van der Waals surface area (Å²) < 4.78 is 5.11. The van der Waals surface area contributed by atoms with Gasteiger partial charge in [0.2, 0.25) is 0 Å². The Balaban J connectivity index is 3.32. The number of carboxylic acid groups (broad SMARTS) is 1. The predicted molar refractivity (Wildman–Crippen MR) is 150 cm³/mol. The lowest BCUT2D eigenvalue weighted by molar-refractivity contribution is -0.130. The number of hydrogen-bond donors (Lipinski definition) is 1. The van der Waals surface area contributed by atoms with Crippen LogP contribution in [0.4, 0.5) is 0 Å². The Bertz CT molecular complexity index is 709. The van der Waals surface area contributed by atoms with Crippen molar-refractivity contribution in [3.8, 4) is 24.2 Å². The Morgan fingerprint density at radius 1 is 0.743 bits per heavy atom. The van der Waals surface area contributed by atoms with Gasteiger partial charge in [0.25, 0.3) is 0 Å². The zero-order valence-corrected chi connectivity index (χ0v) is 22.1. The first kappa shape index (κ1) is 32.5. The fourth-order valence-electron chi connectivity index (χ4n) is 3.64. The summed E-state index contributed by atoms with van der Waals surface area (Å²) in [7, 11) is 1.64. The van der Waals surface area contributed by atoms with Crippen molar-refractivity contribution in [2.45, 2.75) is 115 Å². The molecule has 1 N–H and O–H groups in total. The molecule has 0 aliphatic heterocycles. The van der Waals surface area contributed by atoms with Crippen LogP contribution in [0.1, 0.15) is 109 Å². The van der Waals surface area contributed by atoms with Crippen LogP contribution < -0.4 is 0 Å². The highest BCUT2D eigenvalue weighted by molar-refractivity contribution is 5.86. The molecule has 0 aromatic heterocycles. The third-order valence-electron chi connectivity index (χ3n) is 5.70. The van der Waals surface area contributed by atoms with Gasteiger partial charge in [0, 0.05) is 13.0 Å². The Morgan fingerprint density at radius 2 is 1.20 bits per heavy atom. The van der Waals surface area contributed by atoms with Crippen LogP contribution in [0.5, 0.6) is 0 Å². The molecule has 0 aliphatic rings. The van der Waals surface area contributed by atoms with Crippen molar-refractivity contribution in [3.63, 3.8) is 0 Å². The normalized spacial score (nSPS) is 12.5. The molecule has 0 bridgehead atoms. The van der Waals surface area contributed by atoms with Crippen LogP contribution in [0.3, 0.4) is 0 Å². The SMILES string of the molecule is C#C[C@@H](/C=C/CCCCC/C=C/C/C=C\CCCCCCCCCCC/C=C\C#CC(=O)O)OC. The van der Waals surface area contributed by atoms with Crippen molar-refractivity contribution in [2.24, 2.45) is 0 Å². The number of methoxy groups -OCH3 is 1. The maximum absolute atomic E-state index is 10.2. The molecule has 0 rings (SSSR count). The van der Waals surface area contributed by atoms with E-state index in [0.717, 1.165) is 25.7 Å². The van der Waals surface area contributed by atoms with Gasteiger partial charge in [-0.15, -0.1) is 6.42 Å². The van der Waals surface area contributed by atoms with Gasteiger partial charge in [-0.3, -0.25) is 0 Å². The fraction of sp³-hybridized carbons (Fsp3) is 0.594. The van der Waals surface area contributed by atoms with Crippen LogP contribution >= 0.6 is 0 Å². The van der Waals surface area contributed by atoms with Crippen molar-refractivity contribution in [3.05, 3.63) is 48.6 Å². The van der Waals surface area contributed by atoms with Gasteiger partial charge < -0.3 is 9.84 Å². The number of aliphatic carboxylic acids is 1. The number of rotatable bonds is 22. The first-order valence-corrected chi connectivity index (χ1v) is 13.6. The number of ether oxygens (including phenoxy) is 1. The Kier molecular flexibility index (Phi) is 25.8. The average molecular weight is 481 g/mol. The van der Waals surface area contributed by atoms with Gasteiger partial charge in [-0.05, 0) is 69.9 Å². The summed E-state index contributed by atoms with van der Waals surface area (Å²) in [6.45, 7) is 0. The zero-order chi connectivity index (χ0) is 25.7. The molecular weight excluding hydrogens is 432 g/mol. The average Bonchev–Trinajstić information content (AvgIpc) is 2.85. The van der Waals surface area contributed by atoms with Crippen LogP contribution in [0.15, 0.2) is 48.6 Å². The van der Waals surface area contributed by atoms with Crippen molar-refractivity contribution < 1.29 is 14.6 Å². The second kappa shape index (κ2) is 27.8. The lowest BCUT2D eigenvalue weighted by Crippen LogP contribution is -2.01. The summed E-state index contributed by atoms with van der Waals surface area (Å²) in [4.78, 5) is 10.2. The minimum absolute atomic E-state index is 0.186. The fourth-order valence-corrected chi connectivity index (χ4v) is 3.64. The predicted octanol–water partition coefficient (Wildman–Crippen LogP) is 8.58. The summed E-state index contributed by atoms with van der Waals surface area (Å²) in [5.41, 5.74) is 0. The monoisotopic (exact) mass is 480 g/mol.